The standard InChI is InChI=1S/C6F10O4S/c7-1-2(8)20-4(19-1,5(11,12)13)3(9,10)6(14,15)21(16,17)18. The summed E-state index contributed by atoms with van der Waals surface area (Å²) in [5.41, 5.74) is 0. The lowest BCUT2D eigenvalue weighted by atomic mass is 10.1. The Morgan fingerprint density at radius 3 is 1.43 bits per heavy atom. The van der Waals surface area contributed by atoms with E-state index in [1.165, 1.54) is 0 Å². The molecule has 1 heterocycles. The van der Waals surface area contributed by atoms with Gasteiger partial charge in [0, 0.05) is 0 Å². The van der Waals surface area contributed by atoms with Crippen molar-refractivity contribution in [2.45, 2.75) is 23.1 Å². The molecule has 124 valence electrons. The molecular weight excluding hydrogens is 358 g/mol. The van der Waals surface area contributed by atoms with Gasteiger partial charge in [-0.25, -0.2) is 0 Å². The molecule has 21 heavy (non-hydrogen) atoms. The zero-order valence-corrected chi connectivity index (χ0v) is 9.64. The zero-order chi connectivity index (χ0) is 17.1. The summed E-state index contributed by atoms with van der Waals surface area (Å²) in [6.07, 6.45) is -6.78. The first-order valence-electron chi connectivity index (χ1n) is 4.21. The lowest BCUT2D eigenvalue weighted by Gasteiger charge is -2.37. The Morgan fingerprint density at radius 1 is 0.857 bits per heavy atom. The maximum atomic E-state index is 13.2. The van der Waals surface area contributed by atoms with Crippen molar-refractivity contribution in [3.05, 3.63) is 12.0 Å². The molecule has 4 nitrogen and oxygen atoms in total. The molecule has 0 saturated carbocycles. The van der Waals surface area contributed by atoms with Crippen LogP contribution in [0.5, 0.6) is 0 Å². The SMILES string of the molecule is O=S(=O)(F)C(F)(F)C(F)(F)C1(C(F)(F)F)OC(F)=C(F)O1. The van der Waals surface area contributed by atoms with Gasteiger partial charge in [-0.2, -0.15) is 47.9 Å². The fourth-order valence-electron chi connectivity index (χ4n) is 1.12. The summed E-state index contributed by atoms with van der Waals surface area (Å²) in [4.78, 5) is 0. The van der Waals surface area contributed by atoms with Gasteiger partial charge in [0.2, 0.25) is 0 Å². The molecule has 0 aromatic carbocycles. The van der Waals surface area contributed by atoms with Crippen LogP contribution in [0.4, 0.5) is 43.4 Å². The molecule has 1 aliphatic heterocycles. The van der Waals surface area contributed by atoms with Crippen LogP contribution in [0.25, 0.3) is 0 Å². The molecule has 0 aliphatic carbocycles. The van der Waals surface area contributed by atoms with Crippen LogP contribution in [-0.2, 0) is 19.7 Å². The second-order valence-electron chi connectivity index (χ2n) is 3.39. The van der Waals surface area contributed by atoms with Crippen LogP contribution in [0, 0.1) is 0 Å². The Bertz CT molecular complexity index is 561. The number of halogens is 10. The molecule has 15 heteroatoms. The van der Waals surface area contributed by atoms with Crippen LogP contribution in [0.15, 0.2) is 12.0 Å². The minimum Gasteiger partial charge on any atom is -0.410 e. The molecule has 0 N–H and O–H groups in total. The van der Waals surface area contributed by atoms with Crippen LogP contribution in [0.1, 0.15) is 0 Å². The Hall–Kier alpha value is -1.41. The number of alkyl halides is 7. The van der Waals surface area contributed by atoms with E-state index in [0.29, 0.717) is 0 Å². The zero-order valence-electron chi connectivity index (χ0n) is 8.82. The van der Waals surface area contributed by atoms with Gasteiger partial charge in [0.1, 0.15) is 0 Å². The maximum Gasteiger partial charge on any atom is 0.475 e. The summed E-state index contributed by atoms with van der Waals surface area (Å²) in [6, 6.07) is -6.22. The van der Waals surface area contributed by atoms with Gasteiger partial charge in [-0.15, -0.1) is 0 Å². The molecule has 0 amide bonds. The number of rotatable bonds is 3. The molecule has 0 aromatic heterocycles. The van der Waals surface area contributed by atoms with Gasteiger partial charge in [-0.1, -0.05) is 3.89 Å². The van der Waals surface area contributed by atoms with Crippen molar-refractivity contribution < 1.29 is 61.3 Å². The van der Waals surface area contributed by atoms with E-state index in [9.17, 15) is 51.8 Å². The molecule has 0 aromatic rings. The highest BCUT2D eigenvalue weighted by Gasteiger charge is 2.89. The fraction of sp³-hybridized carbons (Fsp3) is 0.667. The van der Waals surface area contributed by atoms with Crippen molar-refractivity contribution >= 4 is 10.2 Å². The Kier molecular flexibility index (Phi) is 3.61. The topological polar surface area (TPSA) is 52.6 Å². The molecule has 0 bridgehead atoms. The van der Waals surface area contributed by atoms with Gasteiger partial charge in [0.15, 0.2) is 0 Å². The summed E-state index contributed by atoms with van der Waals surface area (Å²) in [5.74, 6) is -13.2. The van der Waals surface area contributed by atoms with Crippen LogP contribution in [0.3, 0.4) is 0 Å². The van der Waals surface area contributed by atoms with E-state index in [4.69, 9.17) is 0 Å². The first-order valence-corrected chi connectivity index (χ1v) is 5.59. The first-order chi connectivity index (χ1) is 9.01. The summed E-state index contributed by atoms with van der Waals surface area (Å²) < 4.78 is 151. The second-order valence-corrected chi connectivity index (χ2v) is 4.78. The van der Waals surface area contributed by atoms with E-state index < -0.39 is 45.4 Å². The van der Waals surface area contributed by atoms with E-state index in [0.717, 1.165) is 0 Å². The Labute approximate surface area is 108 Å². The van der Waals surface area contributed by atoms with Crippen LogP contribution in [0.2, 0.25) is 0 Å². The molecule has 0 atom stereocenters. The first kappa shape index (κ1) is 17.6. The highest BCUT2D eigenvalue weighted by atomic mass is 32.3. The largest absolute Gasteiger partial charge is 0.475 e. The fourth-order valence-corrected chi connectivity index (χ4v) is 1.56. The molecule has 0 saturated heterocycles. The van der Waals surface area contributed by atoms with E-state index in [1.54, 1.807) is 0 Å². The number of hydrogen-bond donors (Lipinski definition) is 0. The van der Waals surface area contributed by atoms with Crippen molar-refractivity contribution in [3.8, 4) is 0 Å². The summed E-state index contributed by atoms with van der Waals surface area (Å²) in [7, 11) is -7.64. The smallest absolute Gasteiger partial charge is 0.410 e. The van der Waals surface area contributed by atoms with E-state index in [2.05, 4.69) is 9.47 Å². The highest BCUT2D eigenvalue weighted by molar-refractivity contribution is 7.87. The van der Waals surface area contributed by atoms with Crippen molar-refractivity contribution in [2.24, 2.45) is 0 Å². The molecule has 0 unspecified atom stereocenters. The number of ether oxygens (including phenoxy) is 2. The van der Waals surface area contributed by atoms with Gasteiger partial charge in [-0.3, -0.25) is 0 Å². The van der Waals surface area contributed by atoms with E-state index in [-0.39, 0.29) is 0 Å². The molecule has 1 aliphatic rings. The minimum atomic E-state index is -7.64. The third kappa shape index (κ3) is 2.17. The average molecular weight is 358 g/mol. The van der Waals surface area contributed by atoms with Gasteiger partial charge in [0.05, 0.1) is 0 Å². The summed E-state index contributed by atoms with van der Waals surface area (Å²) in [6.45, 7) is 0. The molecule has 0 radical (unpaired) electrons. The lowest BCUT2D eigenvalue weighted by Crippen LogP contribution is -2.68. The van der Waals surface area contributed by atoms with Crippen molar-refractivity contribution in [1.29, 1.82) is 0 Å². The maximum absolute atomic E-state index is 13.2. The van der Waals surface area contributed by atoms with Gasteiger partial charge < -0.3 is 9.47 Å². The Balaban J connectivity index is 3.57. The van der Waals surface area contributed by atoms with Crippen LogP contribution >= 0.6 is 0 Å². The van der Waals surface area contributed by atoms with Gasteiger partial charge in [0.25, 0.3) is 0 Å². The molecule has 0 spiro atoms. The second kappa shape index (κ2) is 4.30. The quantitative estimate of drug-likeness (QED) is 0.575. The lowest BCUT2D eigenvalue weighted by molar-refractivity contribution is -0.434. The van der Waals surface area contributed by atoms with Crippen molar-refractivity contribution in [3.63, 3.8) is 0 Å². The average Bonchev–Trinajstić information content (AvgIpc) is 2.54. The van der Waals surface area contributed by atoms with Crippen LogP contribution in [-0.4, -0.2) is 31.6 Å². The summed E-state index contributed by atoms with van der Waals surface area (Å²) >= 11 is 0. The van der Waals surface area contributed by atoms with Crippen molar-refractivity contribution in [2.75, 3.05) is 0 Å². The van der Waals surface area contributed by atoms with Crippen LogP contribution < -0.4 is 0 Å². The predicted molar refractivity (Wildman–Crippen MR) is 40.1 cm³/mol. The van der Waals surface area contributed by atoms with E-state index in [1.807, 2.05) is 0 Å². The Morgan fingerprint density at radius 2 is 1.19 bits per heavy atom. The minimum absolute atomic E-state index is 2.60. The monoisotopic (exact) mass is 358 g/mol. The third-order valence-electron chi connectivity index (χ3n) is 2.08. The van der Waals surface area contributed by atoms with Gasteiger partial charge >= 0.3 is 45.4 Å². The number of hydrogen-bond acceptors (Lipinski definition) is 4. The third-order valence-corrected chi connectivity index (χ3v) is 2.95. The highest BCUT2D eigenvalue weighted by Crippen LogP contribution is 2.58. The summed E-state index contributed by atoms with van der Waals surface area (Å²) in [5, 5.41) is -7.07. The molecule has 0 fully saturated rings. The predicted octanol–water partition coefficient (Wildman–Crippen LogP) is 2.88. The molecule has 1 rings (SSSR count). The normalized spacial score (nSPS) is 20.3. The van der Waals surface area contributed by atoms with Gasteiger partial charge in [-0.05, 0) is 0 Å². The van der Waals surface area contributed by atoms with E-state index >= 15 is 0 Å². The molecular formula is C6F10O4S. The van der Waals surface area contributed by atoms with Crippen molar-refractivity contribution in [1.82, 2.24) is 0 Å².